The van der Waals surface area contributed by atoms with Gasteiger partial charge < -0.3 is 38.8 Å². The van der Waals surface area contributed by atoms with E-state index in [0.717, 1.165) is 45.0 Å². The average Bonchev–Trinajstić information content (AvgIpc) is 3.27. The van der Waals surface area contributed by atoms with Gasteiger partial charge in [-0.1, -0.05) is 166 Å². The zero-order valence-electron chi connectivity index (χ0n) is 49.2. The van der Waals surface area contributed by atoms with Crippen molar-refractivity contribution in [2.24, 2.45) is 0 Å². The van der Waals surface area contributed by atoms with Gasteiger partial charge in [0.1, 0.15) is 0 Å². The van der Waals surface area contributed by atoms with Crippen molar-refractivity contribution in [3.05, 3.63) is 230 Å². The Hall–Kier alpha value is -4.56. The number of rotatable bonds is 12. The number of aromatic nitrogens is 4. The first-order valence-electron chi connectivity index (χ1n) is 25.2. The van der Waals surface area contributed by atoms with Gasteiger partial charge in [0, 0.05) is 0 Å². The molecule has 4 heterocycles. The Morgan fingerprint density at radius 3 is 0.524 bits per heavy atom. The molecular formula is C60H68Ag4N8O8S4. The molecule has 0 aliphatic rings. The van der Waals surface area contributed by atoms with E-state index in [1.54, 1.807) is 156 Å². The Morgan fingerprint density at radius 1 is 0.250 bits per heavy atom. The zero-order chi connectivity index (χ0) is 59.7. The van der Waals surface area contributed by atoms with Crippen molar-refractivity contribution in [2.75, 3.05) is 0 Å². The molecule has 0 N–H and O–H groups in total. The van der Waals surface area contributed by atoms with Crippen LogP contribution in [0.2, 0.25) is 0 Å². The SMILES string of the molecule is Cc1cc(C)c(S(=O)(=O)[N-]c2cccc(C)n2)c(C)c1.Cc1cc(C)c(S(=O)(=O)[N-]c2cccc(C)n2)c(C)c1.Cc1cc(C)c(S(=O)(=O)[N-]c2cccc(C)n2)c(C)c1.Cc1cc(C)c(S(=O)(=O)[N-]c2cccc(C)n2)c(C)c1.[Ag+].[Ag+].[Ag+].[Ag+]. The molecule has 0 saturated heterocycles. The molecule has 8 rings (SSSR count). The van der Waals surface area contributed by atoms with Gasteiger partial charge in [-0.25, -0.2) is 33.7 Å². The van der Waals surface area contributed by atoms with Crippen molar-refractivity contribution in [3.8, 4) is 0 Å². The topological polar surface area (TPSA) is 245 Å². The smallest absolute Gasteiger partial charge is 0.439 e. The first-order valence-corrected chi connectivity index (χ1v) is 30.9. The molecule has 0 aliphatic heterocycles. The van der Waals surface area contributed by atoms with Crippen LogP contribution in [0.5, 0.6) is 0 Å². The average molecular weight is 1590 g/mol. The maximum absolute atomic E-state index is 12.5. The molecule has 24 heteroatoms. The summed E-state index contributed by atoms with van der Waals surface area (Å²) in [4.78, 5) is 17.5. The summed E-state index contributed by atoms with van der Waals surface area (Å²) in [6.45, 7) is 29.2. The third-order valence-electron chi connectivity index (χ3n) is 11.8. The van der Waals surface area contributed by atoms with Crippen LogP contribution in [0.15, 0.2) is 141 Å². The number of hydrogen-bond acceptors (Lipinski definition) is 12. The first-order chi connectivity index (χ1) is 37.2. The van der Waals surface area contributed by atoms with Crippen molar-refractivity contribution in [3.63, 3.8) is 0 Å². The molecule has 0 amide bonds. The minimum Gasteiger partial charge on any atom is -0.439 e. The Bertz CT molecular complexity index is 3460. The first kappa shape index (κ1) is 77.5. The van der Waals surface area contributed by atoms with Crippen molar-refractivity contribution in [2.45, 2.75) is 130 Å². The quantitative estimate of drug-likeness (QED) is 0.104. The van der Waals surface area contributed by atoms with Crippen molar-refractivity contribution in [1.82, 2.24) is 19.9 Å². The van der Waals surface area contributed by atoms with Gasteiger partial charge in [-0.2, -0.15) is 0 Å². The van der Waals surface area contributed by atoms with Gasteiger partial charge in [-0.15, -0.1) is 0 Å². The molecule has 0 aliphatic carbocycles. The molecule has 84 heavy (non-hydrogen) atoms. The molecule has 0 spiro atoms. The summed E-state index contributed by atoms with van der Waals surface area (Å²) < 4.78 is 115. The van der Waals surface area contributed by atoms with Crippen LogP contribution in [-0.4, -0.2) is 53.6 Å². The number of sulfonamides is 4. The van der Waals surface area contributed by atoms with E-state index in [4.69, 9.17) is 0 Å². The fourth-order valence-corrected chi connectivity index (χ4v) is 14.8. The van der Waals surface area contributed by atoms with Gasteiger partial charge in [0.05, 0.1) is 19.6 Å². The van der Waals surface area contributed by atoms with Gasteiger partial charge in [0.15, 0.2) is 0 Å². The number of pyridine rings is 4. The fraction of sp³-hybridized carbons (Fsp3) is 0.267. The summed E-state index contributed by atoms with van der Waals surface area (Å²) in [5.41, 5.74) is 12.7. The van der Waals surface area contributed by atoms with Crippen LogP contribution >= 0.6 is 0 Å². The molecule has 0 bridgehead atoms. The molecule has 0 unspecified atom stereocenters. The van der Waals surface area contributed by atoms with Gasteiger partial charge in [0.25, 0.3) is 0 Å². The normalized spacial score (nSPS) is 10.9. The molecule has 4 aromatic heterocycles. The summed E-state index contributed by atoms with van der Waals surface area (Å²) >= 11 is 0. The van der Waals surface area contributed by atoms with Crippen molar-refractivity contribution < 1.29 is 123 Å². The maximum Gasteiger partial charge on any atom is 1.00 e. The molecule has 0 saturated carbocycles. The van der Waals surface area contributed by atoms with E-state index >= 15 is 0 Å². The molecule has 0 radical (unpaired) electrons. The van der Waals surface area contributed by atoms with Crippen LogP contribution in [-0.2, 0) is 130 Å². The van der Waals surface area contributed by atoms with E-state index in [2.05, 4.69) is 38.8 Å². The summed E-state index contributed by atoms with van der Waals surface area (Å²) in [6, 6.07) is 35.3. The maximum atomic E-state index is 12.5. The van der Waals surface area contributed by atoms with E-state index in [1.165, 1.54) is 0 Å². The van der Waals surface area contributed by atoms with E-state index in [9.17, 15) is 33.7 Å². The zero-order valence-corrected chi connectivity index (χ0v) is 58.4. The molecule has 464 valence electrons. The second kappa shape index (κ2) is 33.0. The third kappa shape index (κ3) is 22.0. The fourth-order valence-electron chi connectivity index (χ4n) is 9.29. The predicted octanol–water partition coefficient (Wildman–Crippen LogP) is 14.8. The molecule has 0 atom stereocenters. The van der Waals surface area contributed by atoms with Crippen LogP contribution in [0.1, 0.15) is 89.5 Å². The number of nitrogens with zero attached hydrogens (tertiary/aromatic N) is 8. The summed E-state index contributed by atoms with van der Waals surface area (Å²) in [7, 11) is -15.0. The minimum atomic E-state index is -3.75. The van der Waals surface area contributed by atoms with Crippen molar-refractivity contribution in [1.29, 1.82) is 0 Å². The number of benzene rings is 4. The Balaban J connectivity index is 0.000000551. The summed E-state index contributed by atoms with van der Waals surface area (Å²) in [5, 5.41) is 0. The van der Waals surface area contributed by atoms with Crippen molar-refractivity contribution >= 4 is 63.4 Å². The van der Waals surface area contributed by atoms with Gasteiger partial charge >= 0.3 is 89.5 Å². The predicted molar refractivity (Wildman–Crippen MR) is 319 cm³/mol. The standard InChI is InChI=1S/4C15H17N2O2S.4Ag/c4*1-10-8-11(2)15(12(3)9-10)20(18,19)17-14-7-5-6-13(4)16-14;;;;/h4*5-9H,1-4H3;;;;/q4*-1;4*+1. The van der Waals surface area contributed by atoms with Gasteiger partial charge in [0.2, 0.25) is 40.1 Å². The van der Waals surface area contributed by atoms with Crippen LogP contribution in [0, 0.1) is 111 Å². The Kier molecular flexibility index (Phi) is 30.4. The number of aryl methyl sites for hydroxylation is 16. The molecule has 4 aromatic carbocycles. The minimum absolute atomic E-state index is 0. The van der Waals surface area contributed by atoms with E-state index < -0.39 is 40.1 Å². The van der Waals surface area contributed by atoms with Crippen LogP contribution in [0.3, 0.4) is 0 Å². The van der Waals surface area contributed by atoms with Crippen LogP contribution in [0.4, 0.5) is 23.3 Å². The third-order valence-corrected chi connectivity index (χ3v) is 18.1. The van der Waals surface area contributed by atoms with E-state index in [-0.39, 0.29) is 132 Å². The second-order valence-corrected chi connectivity index (χ2v) is 25.9. The molecule has 8 aromatic rings. The van der Waals surface area contributed by atoms with Gasteiger partial charge in [-0.05, 0) is 179 Å². The van der Waals surface area contributed by atoms with Crippen LogP contribution in [0.25, 0.3) is 18.9 Å². The Labute approximate surface area is 560 Å². The monoisotopic (exact) mass is 1580 g/mol. The molecular weight excluding hydrogens is 1520 g/mol. The van der Waals surface area contributed by atoms with E-state index in [1.807, 2.05) is 76.2 Å². The summed E-state index contributed by atoms with van der Waals surface area (Å²) in [5.74, 6) is 0.850. The van der Waals surface area contributed by atoms with E-state index in [0.29, 0.717) is 44.5 Å². The molecule has 16 nitrogen and oxygen atoms in total. The van der Waals surface area contributed by atoms with Crippen LogP contribution < -0.4 is 0 Å². The Morgan fingerprint density at radius 2 is 0.393 bits per heavy atom. The summed E-state index contributed by atoms with van der Waals surface area (Å²) in [6.07, 6.45) is 0. The second-order valence-electron chi connectivity index (χ2n) is 19.7. The number of hydrogen-bond donors (Lipinski definition) is 0. The molecule has 0 fully saturated rings. The largest absolute Gasteiger partial charge is 1.00 e. The van der Waals surface area contributed by atoms with Gasteiger partial charge in [-0.3, -0.25) is 0 Å².